The predicted octanol–water partition coefficient (Wildman–Crippen LogP) is -0.415. The van der Waals surface area contributed by atoms with Gasteiger partial charge in [0.15, 0.2) is 0 Å². The molecule has 0 unspecified atom stereocenters. The first-order valence-corrected chi connectivity index (χ1v) is 6.77. The Morgan fingerprint density at radius 1 is 1.47 bits per heavy atom. The van der Waals surface area contributed by atoms with E-state index in [9.17, 15) is 4.79 Å². The molecular formula is C12H24N6O. The van der Waals surface area contributed by atoms with Gasteiger partial charge < -0.3 is 16.0 Å². The average Bonchev–Trinajstić information content (AvgIpc) is 2.85. The van der Waals surface area contributed by atoms with E-state index in [0.717, 1.165) is 26.1 Å². The van der Waals surface area contributed by atoms with E-state index in [1.54, 1.807) is 6.20 Å². The van der Waals surface area contributed by atoms with E-state index in [1.807, 2.05) is 0 Å². The van der Waals surface area contributed by atoms with Crippen LogP contribution in [0.5, 0.6) is 0 Å². The lowest BCUT2D eigenvalue weighted by atomic mass is 10.4. The van der Waals surface area contributed by atoms with Crippen LogP contribution in [0.25, 0.3) is 0 Å². The number of aromatic nitrogens is 3. The van der Waals surface area contributed by atoms with Crippen molar-refractivity contribution in [1.29, 1.82) is 0 Å². The van der Waals surface area contributed by atoms with Crippen molar-refractivity contribution in [2.45, 2.75) is 33.4 Å². The normalized spacial score (nSPS) is 10.9. The number of likely N-dealkylation sites (N-methyl/N-ethyl adjacent to an activating group) is 1. The monoisotopic (exact) mass is 268 g/mol. The van der Waals surface area contributed by atoms with Crippen molar-refractivity contribution in [3.05, 3.63) is 11.9 Å². The summed E-state index contributed by atoms with van der Waals surface area (Å²) in [4.78, 5) is 14.0. The summed E-state index contributed by atoms with van der Waals surface area (Å²) < 4.78 is 1.50. The van der Waals surface area contributed by atoms with Crippen LogP contribution in [-0.2, 0) is 17.9 Å². The number of hydrogen-bond acceptors (Lipinski definition) is 5. The Bertz CT molecular complexity index is 378. The summed E-state index contributed by atoms with van der Waals surface area (Å²) in [5.74, 6) is -0.0546. The summed E-state index contributed by atoms with van der Waals surface area (Å²) in [7, 11) is 0. The number of carbonyl (C=O) groups excluding carboxylic acids is 1. The number of amides is 1. The Balaban J connectivity index is 2.24. The molecule has 1 aromatic rings. The summed E-state index contributed by atoms with van der Waals surface area (Å²) in [6.45, 7) is 8.41. The molecule has 0 aliphatic carbocycles. The van der Waals surface area contributed by atoms with Crippen LogP contribution in [0, 0.1) is 0 Å². The number of rotatable bonds is 9. The molecule has 1 heterocycles. The summed E-state index contributed by atoms with van der Waals surface area (Å²) >= 11 is 0. The largest absolute Gasteiger partial charge is 0.353 e. The highest BCUT2D eigenvalue weighted by Gasteiger charge is 2.06. The molecule has 0 bridgehead atoms. The standard InChI is InChI=1S/C12H24N6O/c1-3-6-17(4-2)7-5-14-12(19)10-18-9-11(8-13)15-16-18/h9H,3-8,10,13H2,1-2H3,(H,14,19). The van der Waals surface area contributed by atoms with Gasteiger partial charge in [-0.1, -0.05) is 19.1 Å². The fourth-order valence-corrected chi connectivity index (χ4v) is 1.81. The van der Waals surface area contributed by atoms with Gasteiger partial charge in [-0.15, -0.1) is 5.10 Å². The molecule has 0 fully saturated rings. The summed E-state index contributed by atoms with van der Waals surface area (Å²) in [6, 6.07) is 0. The second-order valence-electron chi connectivity index (χ2n) is 4.40. The smallest absolute Gasteiger partial charge is 0.241 e. The average molecular weight is 268 g/mol. The minimum absolute atomic E-state index is 0.0546. The number of nitrogens with one attached hydrogen (secondary N) is 1. The van der Waals surface area contributed by atoms with E-state index >= 15 is 0 Å². The van der Waals surface area contributed by atoms with Gasteiger partial charge in [-0.2, -0.15) is 0 Å². The summed E-state index contributed by atoms with van der Waals surface area (Å²) in [6.07, 6.45) is 2.82. The Kier molecular flexibility index (Phi) is 7.06. The minimum Gasteiger partial charge on any atom is -0.353 e. The zero-order valence-electron chi connectivity index (χ0n) is 11.8. The van der Waals surface area contributed by atoms with Gasteiger partial charge in [0, 0.05) is 19.6 Å². The molecule has 1 rings (SSSR count). The van der Waals surface area contributed by atoms with Crippen LogP contribution in [0.1, 0.15) is 26.0 Å². The number of nitrogens with two attached hydrogens (primary N) is 1. The van der Waals surface area contributed by atoms with Crippen LogP contribution in [0.2, 0.25) is 0 Å². The first kappa shape index (κ1) is 15.6. The van der Waals surface area contributed by atoms with Crippen LogP contribution in [0.15, 0.2) is 6.20 Å². The lowest BCUT2D eigenvalue weighted by Gasteiger charge is -2.19. The second kappa shape index (κ2) is 8.60. The topological polar surface area (TPSA) is 89.1 Å². The summed E-state index contributed by atoms with van der Waals surface area (Å²) in [5, 5.41) is 10.5. The molecular weight excluding hydrogens is 244 g/mol. The van der Waals surface area contributed by atoms with Gasteiger partial charge in [-0.3, -0.25) is 4.79 Å². The van der Waals surface area contributed by atoms with E-state index in [2.05, 4.69) is 34.4 Å². The molecule has 0 atom stereocenters. The molecule has 108 valence electrons. The lowest BCUT2D eigenvalue weighted by Crippen LogP contribution is -2.36. The molecule has 0 saturated heterocycles. The molecule has 1 aromatic heterocycles. The van der Waals surface area contributed by atoms with Crippen molar-refractivity contribution >= 4 is 5.91 Å². The first-order valence-electron chi connectivity index (χ1n) is 6.77. The molecule has 3 N–H and O–H groups in total. The maximum absolute atomic E-state index is 11.7. The molecule has 7 heteroatoms. The fourth-order valence-electron chi connectivity index (χ4n) is 1.81. The van der Waals surface area contributed by atoms with Gasteiger partial charge in [-0.05, 0) is 19.5 Å². The maximum atomic E-state index is 11.7. The van der Waals surface area contributed by atoms with E-state index < -0.39 is 0 Å². The van der Waals surface area contributed by atoms with Gasteiger partial charge in [0.1, 0.15) is 6.54 Å². The molecule has 0 aromatic carbocycles. The van der Waals surface area contributed by atoms with Crippen molar-refractivity contribution in [2.75, 3.05) is 26.2 Å². The van der Waals surface area contributed by atoms with Gasteiger partial charge in [0.2, 0.25) is 5.91 Å². The number of nitrogens with zero attached hydrogens (tertiary/aromatic N) is 4. The van der Waals surface area contributed by atoms with Crippen molar-refractivity contribution < 1.29 is 4.79 Å². The molecule has 0 saturated carbocycles. The highest BCUT2D eigenvalue weighted by Crippen LogP contribution is 1.91. The highest BCUT2D eigenvalue weighted by molar-refractivity contribution is 5.75. The Hall–Kier alpha value is -1.47. The van der Waals surface area contributed by atoms with Gasteiger partial charge >= 0.3 is 0 Å². The van der Waals surface area contributed by atoms with E-state index in [1.165, 1.54) is 4.68 Å². The van der Waals surface area contributed by atoms with E-state index in [-0.39, 0.29) is 12.5 Å². The molecule has 0 aliphatic rings. The zero-order valence-corrected chi connectivity index (χ0v) is 11.8. The Morgan fingerprint density at radius 3 is 2.84 bits per heavy atom. The first-order chi connectivity index (χ1) is 9.19. The van der Waals surface area contributed by atoms with Crippen molar-refractivity contribution in [3.8, 4) is 0 Å². The van der Waals surface area contributed by atoms with E-state index in [0.29, 0.717) is 18.8 Å². The van der Waals surface area contributed by atoms with E-state index in [4.69, 9.17) is 5.73 Å². The third-order valence-electron chi connectivity index (χ3n) is 2.84. The Labute approximate surface area is 114 Å². The van der Waals surface area contributed by atoms with Gasteiger partial charge in [0.25, 0.3) is 0 Å². The van der Waals surface area contributed by atoms with Crippen LogP contribution < -0.4 is 11.1 Å². The van der Waals surface area contributed by atoms with Gasteiger partial charge in [-0.25, -0.2) is 4.68 Å². The minimum atomic E-state index is -0.0546. The molecule has 1 amide bonds. The molecule has 19 heavy (non-hydrogen) atoms. The Morgan fingerprint density at radius 2 is 2.26 bits per heavy atom. The highest BCUT2D eigenvalue weighted by atomic mass is 16.2. The molecule has 0 radical (unpaired) electrons. The second-order valence-corrected chi connectivity index (χ2v) is 4.40. The van der Waals surface area contributed by atoms with Crippen molar-refractivity contribution in [2.24, 2.45) is 5.73 Å². The SMILES string of the molecule is CCCN(CC)CCNC(=O)Cn1cc(CN)nn1. The maximum Gasteiger partial charge on any atom is 0.241 e. The van der Waals surface area contributed by atoms with Gasteiger partial charge in [0.05, 0.1) is 11.9 Å². The lowest BCUT2D eigenvalue weighted by molar-refractivity contribution is -0.121. The zero-order chi connectivity index (χ0) is 14.1. The number of carbonyl (C=O) groups is 1. The van der Waals surface area contributed by atoms with Crippen molar-refractivity contribution in [3.63, 3.8) is 0 Å². The third kappa shape index (κ3) is 5.80. The number of hydrogen-bond donors (Lipinski definition) is 2. The van der Waals surface area contributed by atoms with Crippen LogP contribution >= 0.6 is 0 Å². The van der Waals surface area contributed by atoms with Crippen LogP contribution in [0.3, 0.4) is 0 Å². The third-order valence-corrected chi connectivity index (χ3v) is 2.84. The van der Waals surface area contributed by atoms with Crippen molar-refractivity contribution in [1.82, 2.24) is 25.2 Å². The van der Waals surface area contributed by atoms with Crippen LogP contribution in [-0.4, -0.2) is 52.0 Å². The fraction of sp³-hybridized carbons (Fsp3) is 0.750. The molecule has 7 nitrogen and oxygen atoms in total. The predicted molar refractivity (Wildman–Crippen MR) is 73.3 cm³/mol. The quantitative estimate of drug-likeness (QED) is 0.635. The summed E-state index contributed by atoms with van der Waals surface area (Å²) in [5.41, 5.74) is 6.12. The molecule has 0 spiro atoms. The molecule has 0 aliphatic heterocycles. The van der Waals surface area contributed by atoms with Crippen LogP contribution in [0.4, 0.5) is 0 Å².